The molecule has 2 rings (SSSR count). The van der Waals surface area contributed by atoms with E-state index in [0.717, 1.165) is 11.7 Å². The summed E-state index contributed by atoms with van der Waals surface area (Å²) in [5.41, 5.74) is 7.31. The van der Waals surface area contributed by atoms with Gasteiger partial charge < -0.3 is 5.73 Å². The van der Waals surface area contributed by atoms with Gasteiger partial charge >= 0.3 is 0 Å². The van der Waals surface area contributed by atoms with E-state index < -0.39 is 0 Å². The van der Waals surface area contributed by atoms with Crippen molar-refractivity contribution in [2.24, 2.45) is 5.73 Å². The molecule has 0 bridgehead atoms. The number of nitrogens with two attached hydrogens (primary N) is 1. The molecule has 1 fully saturated rings. The van der Waals surface area contributed by atoms with Gasteiger partial charge in [0.25, 0.3) is 0 Å². The molecule has 1 unspecified atom stereocenters. The summed E-state index contributed by atoms with van der Waals surface area (Å²) in [5.74, 6) is 0. The Bertz CT molecular complexity index is 350. The van der Waals surface area contributed by atoms with Gasteiger partial charge in [0.2, 0.25) is 0 Å². The third kappa shape index (κ3) is 3.26. The first-order valence-corrected chi connectivity index (χ1v) is 7.56. The Balaban J connectivity index is 2.02. The molecule has 1 aliphatic carbocycles. The van der Waals surface area contributed by atoms with Crippen molar-refractivity contribution in [3.05, 3.63) is 29.8 Å². The summed E-state index contributed by atoms with van der Waals surface area (Å²) in [6.07, 6.45) is 6.56. The van der Waals surface area contributed by atoms with Crippen molar-refractivity contribution >= 4 is 11.8 Å². The molecule has 1 aliphatic rings. The second kappa shape index (κ2) is 5.45. The number of hydrogen-bond acceptors (Lipinski definition) is 2. The van der Waals surface area contributed by atoms with Crippen LogP contribution < -0.4 is 5.73 Å². The summed E-state index contributed by atoms with van der Waals surface area (Å²) in [4.78, 5) is 1.40. The number of hydrogen-bond donors (Lipinski definition) is 1. The maximum Gasteiger partial charge on any atom is 0.0378 e. The molecule has 1 aromatic rings. The fraction of sp³-hybridized carbons (Fsp3) is 0.600. The van der Waals surface area contributed by atoms with Crippen LogP contribution >= 0.6 is 11.8 Å². The first kappa shape index (κ1) is 13.0. The molecule has 94 valence electrons. The van der Waals surface area contributed by atoms with E-state index in [4.69, 9.17) is 5.73 Å². The van der Waals surface area contributed by atoms with Crippen LogP contribution in [0.25, 0.3) is 0 Å². The largest absolute Gasteiger partial charge is 0.322 e. The van der Waals surface area contributed by atoms with Gasteiger partial charge in [-0.05, 0) is 43.9 Å². The minimum absolute atomic E-state index is 0.184. The van der Waals surface area contributed by atoms with Gasteiger partial charge in [0.1, 0.15) is 0 Å². The average Bonchev–Trinajstić information content (AvgIpc) is 2.83. The topological polar surface area (TPSA) is 26.0 Å². The maximum atomic E-state index is 6.24. The van der Waals surface area contributed by atoms with Gasteiger partial charge in [-0.3, -0.25) is 0 Å². The summed E-state index contributed by atoms with van der Waals surface area (Å²) in [6.45, 7) is 4.24. The Morgan fingerprint density at radius 3 is 2.35 bits per heavy atom. The lowest BCUT2D eigenvalue weighted by molar-refractivity contribution is 0.476. The Kier molecular flexibility index (Phi) is 4.16. The van der Waals surface area contributed by atoms with Gasteiger partial charge in [-0.1, -0.05) is 31.9 Å². The lowest BCUT2D eigenvalue weighted by atomic mass is 9.91. The van der Waals surface area contributed by atoms with Crippen LogP contribution in [0.5, 0.6) is 0 Å². The predicted molar refractivity (Wildman–Crippen MR) is 76.4 cm³/mol. The van der Waals surface area contributed by atoms with E-state index in [9.17, 15) is 0 Å². The van der Waals surface area contributed by atoms with Crippen molar-refractivity contribution in [3.8, 4) is 0 Å². The average molecular weight is 249 g/mol. The van der Waals surface area contributed by atoms with Gasteiger partial charge in [0.15, 0.2) is 0 Å². The number of rotatable bonds is 4. The molecule has 2 heteroatoms. The highest BCUT2D eigenvalue weighted by atomic mass is 32.2. The standard InChI is InChI=1S/C15H23NS/c1-3-15(2,16)12-8-10-14(11-9-12)17-13-6-4-5-7-13/h8-11,13H,3-7,16H2,1-2H3. The molecule has 1 nitrogen and oxygen atoms in total. The molecule has 0 heterocycles. The van der Waals surface area contributed by atoms with Gasteiger partial charge in [-0.2, -0.15) is 0 Å². The zero-order chi connectivity index (χ0) is 12.3. The van der Waals surface area contributed by atoms with Crippen molar-refractivity contribution in [3.63, 3.8) is 0 Å². The Morgan fingerprint density at radius 2 is 1.82 bits per heavy atom. The number of thioether (sulfide) groups is 1. The minimum Gasteiger partial charge on any atom is -0.322 e. The van der Waals surface area contributed by atoms with Crippen LogP contribution in [0.3, 0.4) is 0 Å². The van der Waals surface area contributed by atoms with Crippen LogP contribution in [-0.2, 0) is 5.54 Å². The van der Waals surface area contributed by atoms with Gasteiger partial charge in [-0.15, -0.1) is 11.8 Å². The van der Waals surface area contributed by atoms with Crippen molar-refractivity contribution in [2.75, 3.05) is 0 Å². The molecule has 0 saturated heterocycles. The molecule has 0 spiro atoms. The van der Waals surface area contributed by atoms with E-state index >= 15 is 0 Å². The Hall–Kier alpha value is -0.470. The molecule has 0 radical (unpaired) electrons. The summed E-state index contributed by atoms with van der Waals surface area (Å²) >= 11 is 2.04. The fourth-order valence-corrected chi connectivity index (χ4v) is 3.56. The summed E-state index contributed by atoms with van der Waals surface area (Å²) in [7, 11) is 0. The molecule has 1 saturated carbocycles. The minimum atomic E-state index is -0.184. The molecule has 1 atom stereocenters. The smallest absolute Gasteiger partial charge is 0.0378 e. The lowest BCUT2D eigenvalue weighted by Gasteiger charge is -2.23. The van der Waals surface area contributed by atoms with Crippen molar-refractivity contribution < 1.29 is 0 Å². The summed E-state index contributed by atoms with van der Waals surface area (Å²) < 4.78 is 0. The second-order valence-electron chi connectivity index (χ2n) is 5.32. The zero-order valence-electron chi connectivity index (χ0n) is 10.9. The molecule has 0 amide bonds. The van der Waals surface area contributed by atoms with Crippen LogP contribution in [0.1, 0.15) is 51.5 Å². The highest BCUT2D eigenvalue weighted by molar-refractivity contribution is 8.00. The molecule has 0 aliphatic heterocycles. The first-order chi connectivity index (χ1) is 8.12. The highest BCUT2D eigenvalue weighted by Crippen LogP contribution is 2.35. The van der Waals surface area contributed by atoms with Crippen molar-refractivity contribution in [2.45, 2.75) is 61.6 Å². The maximum absolute atomic E-state index is 6.24. The molecular weight excluding hydrogens is 226 g/mol. The summed E-state index contributed by atoms with van der Waals surface area (Å²) in [5, 5.41) is 0.844. The molecule has 0 aromatic heterocycles. The highest BCUT2D eigenvalue weighted by Gasteiger charge is 2.19. The van der Waals surface area contributed by atoms with E-state index in [1.165, 1.54) is 36.1 Å². The molecule has 1 aromatic carbocycles. The fourth-order valence-electron chi connectivity index (χ4n) is 2.32. The van der Waals surface area contributed by atoms with Crippen LogP contribution in [0.4, 0.5) is 0 Å². The third-order valence-corrected chi connectivity index (χ3v) is 5.20. The van der Waals surface area contributed by atoms with Gasteiger partial charge in [0, 0.05) is 15.7 Å². The van der Waals surface area contributed by atoms with Crippen LogP contribution in [-0.4, -0.2) is 5.25 Å². The number of benzene rings is 1. The van der Waals surface area contributed by atoms with E-state index in [1.807, 2.05) is 11.8 Å². The normalized spacial score (nSPS) is 20.4. The van der Waals surface area contributed by atoms with Crippen molar-refractivity contribution in [1.82, 2.24) is 0 Å². The van der Waals surface area contributed by atoms with E-state index in [1.54, 1.807) is 0 Å². The van der Waals surface area contributed by atoms with Crippen molar-refractivity contribution in [1.29, 1.82) is 0 Å². The van der Waals surface area contributed by atoms with Gasteiger partial charge in [0.05, 0.1) is 0 Å². The Morgan fingerprint density at radius 1 is 1.24 bits per heavy atom. The summed E-state index contributed by atoms with van der Waals surface area (Å²) in [6, 6.07) is 8.86. The monoisotopic (exact) mass is 249 g/mol. The molecular formula is C15H23NS. The Labute approximate surface area is 109 Å². The second-order valence-corrected chi connectivity index (χ2v) is 6.69. The molecule has 2 N–H and O–H groups in total. The third-order valence-electron chi connectivity index (χ3n) is 3.85. The van der Waals surface area contributed by atoms with Crippen LogP contribution in [0.2, 0.25) is 0 Å². The van der Waals surface area contributed by atoms with E-state index in [0.29, 0.717) is 0 Å². The van der Waals surface area contributed by atoms with Gasteiger partial charge in [-0.25, -0.2) is 0 Å². The quantitative estimate of drug-likeness (QED) is 0.860. The van der Waals surface area contributed by atoms with Crippen LogP contribution in [0.15, 0.2) is 29.2 Å². The molecule has 17 heavy (non-hydrogen) atoms. The lowest BCUT2D eigenvalue weighted by Crippen LogP contribution is -2.31. The van der Waals surface area contributed by atoms with E-state index in [2.05, 4.69) is 38.1 Å². The van der Waals surface area contributed by atoms with E-state index in [-0.39, 0.29) is 5.54 Å². The van der Waals surface area contributed by atoms with Crippen LogP contribution in [0, 0.1) is 0 Å². The predicted octanol–water partition coefficient (Wildman–Crippen LogP) is 4.31. The first-order valence-electron chi connectivity index (χ1n) is 6.68. The SMILES string of the molecule is CCC(C)(N)c1ccc(SC2CCCC2)cc1. The zero-order valence-corrected chi connectivity index (χ0v) is 11.7.